The summed E-state index contributed by atoms with van der Waals surface area (Å²) in [6, 6.07) is 4.48. The highest BCUT2D eigenvalue weighted by atomic mass is 35.5. The van der Waals surface area contributed by atoms with E-state index < -0.39 is 5.97 Å². The second kappa shape index (κ2) is 8.32. The summed E-state index contributed by atoms with van der Waals surface area (Å²) in [7, 11) is 1.47. The first-order valence-corrected chi connectivity index (χ1v) is 8.37. The summed E-state index contributed by atoms with van der Waals surface area (Å²) in [4.78, 5) is 11.7. The van der Waals surface area contributed by atoms with Gasteiger partial charge in [0.15, 0.2) is 23.9 Å². The molecule has 0 aliphatic heterocycles. The number of hydrogen-bond donors (Lipinski definition) is 0. The maximum absolute atomic E-state index is 14.6. The summed E-state index contributed by atoms with van der Waals surface area (Å²) < 4.78 is 30.5. The molecule has 2 aromatic heterocycles. The molecule has 0 aliphatic rings. The van der Waals surface area contributed by atoms with E-state index in [2.05, 4.69) is 20.1 Å². The van der Waals surface area contributed by atoms with Crippen LogP contribution in [0, 0.1) is 6.92 Å². The number of aliphatic imine (C=N–C) groups is 1. The van der Waals surface area contributed by atoms with Crippen molar-refractivity contribution in [3.63, 3.8) is 0 Å². The Hall–Kier alpha value is -2.71. The van der Waals surface area contributed by atoms with Crippen LogP contribution in [0.4, 0.5) is 10.1 Å². The van der Waals surface area contributed by atoms with Crippen LogP contribution in [-0.2, 0) is 6.61 Å². The third kappa shape index (κ3) is 4.53. The van der Waals surface area contributed by atoms with Gasteiger partial charge in [-0.15, -0.1) is 0 Å². The number of methoxy groups -OCH3 is 1. The molecule has 2 heterocycles. The van der Waals surface area contributed by atoms with Crippen LogP contribution in [0.3, 0.4) is 0 Å². The molecule has 3 rings (SSSR count). The number of pyridine rings is 1. The highest BCUT2D eigenvalue weighted by Crippen LogP contribution is 2.34. The van der Waals surface area contributed by atoms with Crippen LogP contribution in [0.2, 0.25) is 10.0 Å². The SMILES string of the molecule is COc1ccc(/C(F)=N/c2c(Cl)cncc2Cl)cc1OCc1nc(C)no1. The van der Waals surface area contributed by atoms with Crippen LogP contribution in [0.5, 0.6) is 11.5 Å². The molecule has 0 amide bonds. The average Bonchev–Trinajstić information content (AvgIpc) is 3.08. The Morgan fingerprint density at radius 1 is 1.22 bits per heavy atom. The van der Waals surface area contributed by atoms with Gasteiger partial charge in [-0.05, 0) is 25.1 Å². The van der Waals surface area contributed by atoms with Gasteiger partial charge in [-0.25, -0.2) is 4.99 Å². The summed E-state index contributed by atoms with van der Waals surface area (Å²) in [5.74, 6) is 0.653. The van der Waals surface area contributed by atoms with E-state index in [0.717, 1.165) is 0 Å². The summed E-state index contributed by atoms with van der Waals surface area (Å²) in [5, 5.41) is 3.94. The fourth-order valence-electron chi connectivity index (χ4n) is 2.13. The summed E-state index contributed by atoms with van der Waals surface area (Å²) in [6.07, 6.45) is 2.66. The smallest absolute Gasteiger partial charge is 0.264 e. The third-order valence-corrected chi connectivity index (χ3v) is 3.91. The molecule has 0 spiro atoms. The van der Waals surface area contributed by atoms with E-state index in [9.17, 15) is 4.39 Å². The van der Waals surface area contributed by atoms with Gasteiger partial charge in [0.25, 0.3) is 5.89 Å². The molecule has 0 atom stereocenters. The van der Waals surface area contributed by atoms with Crippen molar-refractivity contribution in [2.45, 2.75) is 13.5 Å². The topological polar surface area (TPSA) is 82.6 Å². The molecular weight excluding hydrogens is 398 g/mol. The molecule has 3 aromatic rings. The van der Waals surface area contributed by atoms with Crippen LogP contribution in [0.25, 0.3) is 0 Å². The Kier molecular flexibility index (Phi) is 5.88. The Balaban J connectivity index is 1.88. The predicted octanol–water partition coefficient (Wildman–Crippen LogP) is 4.72. The second-order valence-corrected chi connectivity index (χ2v) is 6.06. The number of hydrogen-bond acceptors (Lipinski definition) is 7. The van der Waals surface area contributed by atoms with E-state index in [-0.39, 0.29) is 39.5 Å². The monoisotopic (exact) mass is 410 g/mol. The number of benzene rings is 1. The van der Waals surface area contributed by atoms with Gasteiger partial charge in [-0.1, -0.05) is 28.4 Å². The van der Waals surface area contributed by atoms with Crippen molar-refractivity contribution in [1.82, 2.24) is 15.1 Å². The predicted molar refractivity (Wildman–Crippen MR) is 97.9 cm³/mol. The van der Waals surface area contributed by atoms with Crippen molar-refractivity contribution in [2.75, 3.05) is 7.11 Å². The van der Waals surface area contributed by atoms with E-state index in [1.807, 2.05) is 0 Å². The minimum Gasteiger partial charge on any atom is -0.493 e. The molecule has 1 aromatic carbocycles. The normalized spacial score (nSPS) is 11.5. The van der Waals surface area contributed by atoms with Gasteiger partial charge in [0, 0.05) is 18.0 Å². The molecule has 10 heteroatoms. The fraction of sp³-hybridized carbons (Fsp3) is 0.176. The van der Waals surface area contributed by atoms with Gasteiger partial charge in [-0.3, -0.25) is 4.98 Å². The standard InChI is InChI=1S/C17H13Cl2FN4O3/c1-9-22-15(27-24-9)8-26-14-5-10(3-4-13(14)25-2)17(20)23-16-11(18)6-21-7-12(16)19/h3-7H,8H2,1-2H3/b23-17-. The van der Waals surface area contributed by atoms with Gasteiger partial charge in [0.2, 0.25) is 5.97 Å². The molecule has 0 fully saturated rings. The van der Waals surface area contributed by atoms with Crippen LogP contribution in [0.1, 0.15) is 17.3 Å². The highest BCUT2D eigenvalue weighted by Gasteiger charge is 2.13. The van der Waals surface area contributed by atoms with Gasteiger partial charge in [0.05, 0.1) is 17.2 Å². The minimum atomic E-state index is -0.800. The zero-order chi connectivity index (χ0) is 19.4. The first-order chi connectivity index (χ1) is 13.0. The van der Waals surface area contributed by atoms with Gasteiger partial charge in [0.1, 0.15) is 5.69 Å². The van der Waals surface area contributed by atoms with E-state index in [1.54, 1.807) is 13.0 Å². The number of aryl methyl sites for hydroxylation is 1. The van der Waals surface area contributed by atoms with E-state index >= 15 is 0 Å². The highest BCUT2D eigenvalue weighted by molar-refractivity contribution is 6.38. The molecule has 0 bridgehead atoms. The van der Waals surface area contributed by atoms with Crippen molar-refractivity contribution >= 4 is 34.9 Å². The molecule has 0 N–H and O–H groups in total. The van der Waals surface area contributed by atoms with Crippen LogP contribution in [-0.4, -0.2) is 28.2 Å². The maximum atomic E-state index is 14.6. The van der Waals surface area contributed by atoms with E-state index in [1.165, 1.54) is 31.6 Å². The maximum Gasteiger partial charge on any atom is 0.264 e. The summed E-state index contributed by atoms with van der Waals surface area (Å²) in [6.45, 7) is 1.69. The third-order valence-electron chi connectivity index (χ3n) is 3.36. The summed E-state index contributed by atoms with van der Waals surface area (Å²) >= 11 is 11.9. The largest absolute Gasteiger partial charge is 0.493 e. The minimum absolute atomic E-state index is 0.00141. The zero-order valence-electron chi connectivity index (χ0n) is 14.2. The molecular formula is C17H13Cl2FN4O3. The molecule has 0 saturated heterocycles. The van der Waals surface area contributed by atoms with Gasteiger partial charge in [-0.2, -0.15) is 9.37 Å². The van der Waals surface area contributed by atoms with Crippen LogP contribution < -0.4 is 9.47 Å². The number of aromatic nitrogens is 3. The Morgan fingerprint density at radius 2 is 1.96 bits per heavy atom. The lowest BCUT2D eigenvalue weighted by atomic mass is 10.2. The fourth-order valence-corrected chi connectivity index (χ4v) is 2.58. The van der Waals surface area contributed by atoms with Gasteiger partial charge < -0.3 is 14.0 Å². The summed E-state index contributed by atoms with van der Waals surface area (Å²) in [5.41, 5.74) is 0.238. The number of nitrogens with zero attached hydrogens (tertiary/aromatic N) is 4. The molecule has 0 unspecified atom stereocenters. The lowest BCUT2D eigenvalue weighted by molar-refractivity contribution is 0.233. The van der Waals surface area contributed by atoms with E-state index in [4.69, 9.17) is 37.2 Å². The quantitative estimate of drug-likeness (QED) is 0.546. The van der Waals surface area contributed by atoms with Crippen LogP contribution in [0.15, 0.2) is 40.1 Å². The average molecular weight is 411 g/mol. The lowest BCUT2D eigenvalue weighted by Crippen LogP contribution is -2.00. The number of rotatable bonds is 6. The Morgan fingerprint density at radius 3 is 2.59 bits per heavy atom. The number of halogens is 3. The molecule has 0 aliphatic carbocycles. The first-order valence-electron chi connectivity index (χ1n) is 7.61. The van der Waals surface area contributed by atoms with Crippen molar-refractivity contribution < 1.29 is 18.4 Å². The van der Waals surface area contributed by atoms with Crippen LogP contribution >= 0.6 is 23.2 Å². The molecule has 0 radical (unpaired) electrons. The van der Waals surface area contributed by atoms with Crippen molar-refractivity contribution in [3.8, 4) is 11.5 Å². The lowest BCUT2D eigenvalue weighted by Gasteiger charge is -2.10. The van der Waals surface area contributed by atoms with Crippen molar-refractivity contribution in [2.24, 2.45) is 4.99 Å². The Labute approximate surface area is 163 Å². The number of ether oxygens (including phenoxy) is 2. The van der Waals surface area contributed by atoms with Crippen molar-refractivity contribution in [3.05, 3.63) is 57.9 Å². The first kappa shape index (κ1) is 19.1. The Bertz CT molecular complexity index is 974. The molecule has 27 heavy (non-hydrogen) atoms. The molecule has 140 valence electrons. The molecule has 7 nitrogen and oxygen atoms in total. The van der Waals surface area contributed by atoms with E-state index in [0.29, 0.717) is 11.6 Å². The van der Waals surface area contributed by atoms with Gasteiger partial charge >= 0.3 is 0 Å². The second-order valence-electron chi connectivity index (χ2n) is 5.24. The molecule has 0 saturated carbocycles. The van der Waals surface area contributed by atoms with Crippen molar-refractivity contribution in [1.29, 1.82) is 0 Å². The zero-order valence-corrected chi connectivity index (χ0v) is 15.8.